The SMILES string of the molecule is Cn1c(-c2ccnc(-c3cnc4[nH]ccc4c3Cl)c2)ncc(O)c1=O. The number of hydrogen-bond donors (Lipinski definition) is 2. The summed E-state index contributed by atoms with van der Waals surface area (Å²) in [5.74, 6) is 0.0175. The highest BCUT2D eigenvalue weighted by Gasteiger charge is 2.13. The molecule has 25 heavy (non-hydrogen) atoms. The van der Waals surface area contributed by atoms with Gasteiger partial charge in [0.25, 0.3) is 5.56 Å². The maximum atomic E-state index is 11.9. The number of nitrogens with one attached hydrogen (secondary N) is 1. The van der Waals surface area contributed by atoms with Gasteiger partial charge < -0.3 is 10.1 Å². The second-order valence-electron chi connectivity index (χ2n) is 5.49. The molecule has 0 unspecified atom stereocenters. The molecule has 4 heterocycles. The van der Waals surface area contributed by atoms with Crippen molar-refractivity contribution in [2.24, 2.45) is 7.05 Å². The van der Waals surface area contributed by atoms with Gasteiger partial charge in [-0.2, -0.15) is 0 Å². The maximum absolute atomic E-state index is 11.9. The van der Waals surface area contributed by atoms with Gasteiger partial charge in [0.05, 0.1) is 16.9 Å². The van der Waals surface area contributed by atoms with E-state index in [1.807, 2.05) is 6.07 Å². The molecule has 0 saturated carbocycles. The van der Waals surface area contributed by atoms with Gasteiger partial charge in [-0.3, -0.25) is 14.3 Å². The molecule has 0 fully saturated rings. The highest BCUT2D eigenvalue weighted by molar-refractivity contribution is 6.37. The summed E-state index contributed by atoms with van der Waals surface area (Å²) >= 11 is 6.49. The summed E-state index contributed by atoms with van der Waals surface area (Å²) in [7, 11) is 1.55. The van der Waals surface area contributed by atoms with Crippen LogP contribution in [0.25, 0.3) is 33.7 Å². The number of aromatic amines is 1. The third kappa shape index (κ3) is 2.45. The molecule has 2 N–H and O–H groups in total. The molecular weight excluding hydrogens is 342 g/mol. The molecule has 4 aromatic heterocycles. The van der Waals surface area contributed by atoms with Gasteiger partial charge >= 0.3 is 0 Å². The predicted molar refractivity (Wildman–Crippen MR) is 94.5 cm³/mol. The Labute approximate surface area is 146 Å². The van der Waals surface area contributed by atoms with E-state index in [0.717, 1.165) is 11.6 Å². The standard InChI is InChI=1S/C17H12ClN5O2/c1-23-16(22-8-13(24)17(23)25)9-2-4-19-12(6-9)11-7-21-15-10(14(11)18)3-5-20-15/h2-8,24H,1H3,(H,20,21). The van der Waals surface area contributed by atoms with E-state index in [9.17, 15) is 9.90 Å². The van der Waals surface area contributed by atoms with Gasteiger partial charge in [-0.05, 0) is 18.2 Å². The van der Waals surface area contributed by atoms with E-state index in [1.54, 1.807) is 37.8 Å². The van der Waals surface area contributed by atoms with Crippen LogP contribution >= 0.6 is 11.6 Å². The van der Waals surface area contributed by atoms with Crippen molar-refractivity contribution in [2.45, 2.75) is 0 Å². The zero-order valence-corrected chi connectivity index (χ0v) is 13.8. The number of H-pyrrole nitrogens is 1. The molecule has 0 aromatic carbocycles. The van der Waals surface area contributed by atoms with Crippen LogP contribution in [0.5, 0.6) is 5.75 Å². The summed E-state index contributed by atoms with van der Waals surface area (Å²) < 4.78 is 1.28. The fourth-order valence-corrected chi connectivity index (χ4v) is 2.97. The van der Waals surface area contributed by atoms with E-state index in [1.165, 1.54) is 4.57 Å². The molecule has 0 aliphatic rings. The largest absolute Gasteiger partial charge is 0.502 e. The monoisotopic (exact) mass is 353 g/mol. The second-order valence-corrected chi connectivity index (χ2v) is 5.86. The maximum Gasteiger partial charge on any atom is 0.295 e. The van der Waals surface area contributed by atoms with E-state index in [0.29, 0.717) is 33.3 Å². The van der Waals surface area contributed by atoms with Crippen LogP contribution in [0.1, 0.15) is 0 Å². The van der Waals surface area contributed by atoms with Crippen LogP contribution in [-0.4, -0.2) is 29.6 Å². The smallest absolute Gasteiger partial charge is 0.295 e. The lowest BCUT2D eigenvalue weighted by atomic mass is 10.1. The Hall–Kier alpha value is -3.19. The average molecular weight is 354 g/mol. The molecule has 7 nitrogen and oxygen atoms in total. The Bertz CT molecular complexity index is 1170. The first-order valence-corrected chi connectivity index (χ1v) is 7.77. The van der Waals surface area contributed by atoms with E-state index < -0.39 is 11.3 Å². The lowest BCUT2D eigenvalue weighted by Gasteiger charge is -2.09. The first-order valence-electron chi connectivity index (χ1n) is 7.39. The van der Waals surface area contributed by atoms with Gasteiger partial charge in [-0.1, -0.05) is 11.6 Å². The van der Waals surface area contributed by atoms with Crippen molar-refractivity contribution >= 4 is 22.6 Å². The first kappa shape index (κ1) is 15.3. The minimum Gasteiger partial charge on any atom is -0.502 e. The fraction of sp³-hybridized carbons (Fsp3) is 0.0588. The topological polar surface area (TPSA) is 96.7 Å². The van der Waals surface area contributed by atoms with Crippen LogP contribution in [-0.2, 0) is 7.05 Å². The van der Waals surface area contributed by atoms with Crippen LogP contribution in [0.15, 0.2) is 47.8 Å². The molecule has 4 aromatic rings. The van der Waals surface area contributed by atoms with Gasteiger partial charge in [-0.15, -0.1) is 0 Å². The van der Waals surface area contributed by atoms with Gasteiger partial charge in [0.1, 0.15) is 11.5 Å². The number of fused-ring (bicyclic) bond motifs is 1. The highest BCUT2D eigenvalue weighted by atomic mass is 35.5. The van der Waals surface area contributed by atoms with Crippen LogP contribution in [0.4, 0.5) is 0 Å². The molecule has 4 rings (SSSR count). The number of pyridine rings is 2. The molecule has 0 radical (unpaired) electrons. The van der Waals surface area contributed by atoms with Crippen molar-refractivity contribution in [3.63, 3.8) is 0 Å². The summed E-state index contributed by atoms with van der Waals surface area (Å²) in [6.07, 6.45) is 6.17. The molecular formula is C17H12ClN5O2. The molecule has 0 spiro atoms. The lowest BCUT2D eigenvalue weighted by Crippen LogP contribution is -2.19. The van der Waals surface area contributed by atoms with Crippen LogP contribution in [0.2, 0.25) is 5.02 Å². The van der Waals surface area contributed by atoms with Crippen LogP contribution < -0.4 is 5.56 Å². The number of rotatable bonds is 2. The molecule has 8 heteroatoms. The van der Waals surface area contributed by atoms with E-state index in [-0.39, 0.29) is 0 Å². The van der Waals surface area contributed by atoms with Crippen molar-refractivity contribution in [3.8, 4) is 28.4 Å². The van der Waals surface area contributed by atoms with Gasteiger partial charge in [0.15, 0.2) is 5.75 Å². The Balaban J connectivity index is 1.88. The molecule has 0 aliphatic carbocycles. The van der Waals surface area contributed by atoms with Gasteiger partial charge in [0, 0.05) is 42.2 Å². The predicted octanol–water partition coefficient (Wildman–Crippen LogP) is 2.74. The Morgan fingerprint density at radius 3 is 2.88 bits per heavy atom. The zero-order valence-electron chi connectivity index (χ0n) is 13.1. The van der Waals surface area contributed by atoms with Gasteiger partial charge in [0.2, 0.25) is 0 Å². The molecule has 0 amide bonds. The van der Waals surface area contributed by atoms with Gasteiger partial charge in [-0.25, -0.2) is 9.97 Å². The quantitative estimate of drug-likeness (QED) is 0.577. The Morgan fingerprint density at radius 2 is 2.04 bits per heavy atom. The third-order valence-electron chi connectivity index (χ3n) is 3.97. The van der Waals surface area contributed by atoms with Crippen molar-refractivity contribution in [2.75, 3.05) is 0 Å². The molecule has 0 saturated heterocycles. The minimum atomic E-state index is -0.517. The highest BCUT2D eigenvalue weighted by Crippen LogP contribution is 2.32. The van der Waals surface area contributed by atoms with Crippen LogP contribution in [0, 0.1) is 0 Å². The first-order chi connectivity index (χ1) is 12.1. The van der Waals surface area contributed by atoms with Crippen molar-refractivity contribution < 1.29 is 5.11 Å². The summed E-state index contributed by atoms with van der Waals surface area (Å²) in [5.41, 5.74) is 2.15. The number of aromatic nitrogens is 5. The van der Waals surface area contributed by atoms with Crippen LogP contribution in [0.3, 0.4) is 0 Å². The molecule has 0 bridgehead atoms. The molecule has 0 aliphatic heterocycles. The van der Waals surface area contributed by atoms with E-state index >= 15 is 0 Å². The van der Waals surface area contributed by atoms with Crippen molar-refractivity contribution in [1.82, 2.24) is 24.5 Å². The summed E-state index contributed by atoms with van der Waals surface area (Å²) in [6, 6.07) is 5.36. The van der Waals surface area contributed by atoms with E-state index in [2.05, 4.69) is 19.9 Å². The van der Waals surface area contributed by atoms with Crippen molar-refractivity contribution in [3.05, 3.63) is 58.4 Å². The molecule has 124 valence electrons. The zero-order chi connectivity index (χ0) is 17.6. The Morgan fingerprint density at radius 1 is 1.20 bits per heavy atom. The molecule has 0 atom stereocenters. The van der Waals surface area contributed by atoms with E-state index in [4.69, 9.17) is 11.6 Å². The Kier molecular flexibility index (Phi) is 3.51. The number of hydrogen-bond acceptors (Lipinski definition) is 5. The minimum absolute atomic E-state index is 0.398. The summed E-state index contributed by atoms with van der Waals surface area (Å²) in [5, 5.41) is 10.8. The average Bonchev–Trinajstić information content (AvgIpc) is 3.10. The normalized spacial score (nSPS) is 11.1. The third-order valence-corrected chi connectivity index (χ3v) is 4.37. The van der Waals surface area contributed by atoms with Crippen molar-refractivity contribution in [1.29, 1.82) is 0 Å². The number of aromatic hydroxyl groups is 1. The summed E-state index contributed by atoms with van der Waals surface area (Å²) in [6.45, 7) is 0. The lowest BCUT2D eigenvalue weighted by molar-refractivity contribution is 0.457. The number of nitrogens with zero attached hydrogens (tertiary/aromatic N) is 4. The fourth-order valence-electron chi connectivity index (χ4n) is 2.67. The summed E-state index contributed by atoms with van der Waals surface area (Å²) in [4.78, 5) is 27.8. The second kappa shape index (κ2) is 5.71. The number of halogens is 1.